The van der Waals surface area contributed by atoms with E-state index in [-0.39, 0.29) is 0 Å². The molecule has 0 nitrogen and oxygen atoms in total. The second kappa shape index (κ2) is 10.5. The highest BCUT2D eigenvalue weighted by molar-refractivity contribution is 9.09. The fourth-order valence-electron chi connectivity index (χ4n) is 1.10. The monoisotopic (exact) mass is 223 g/mol. The molecule has 0 N–H and O–H groups in total. The van der Waals surface area contributed by atoms with Crippen LogP contribution >= 0.6 is 15.9 Å². The lowest BCUT2D eigenvalue weighted by Crippen LogP contribution is -1.80. The van der Waals surface area contributed by atoms with Crippen molar-refractivity contribution in [3.05, 3.63) is 0 Å². The first kappa shape index (κ1) is 6.94. The molecular formula is C10H21Br. The lowest BCUT2D eigenvalue weighted by molar-refractivity contribution is 0.587. The third-order valence-corrected chi connectivity index (χ3v) is 2.37. The van der Waals surface area contributed by atoms with E-state index >= 15 is 0 Å². The summed E-state index contributed by atoms with van der Waals surface area (Å²) in [5, 5.41) is 1.10. The summed E-state index contributed by atoms with van der Waals surface area (Å²) in [4.78, 5) is 0. The number of rotatable bonds is 8. The smallest absolute Gasteiger partial charge is 0.0230 e. The number of alkyl halides is 1. The Morgan fingerprint density at radius 1 is 0.909 bits per heavy atom. The van der Waals surface area contributed by atoms with E-state index in [1.807, 2.05) is 0 Å². The Labute approximate surface area is 84.1 Å². The molecule has 0 amide bonds. The number of hydrogen-bond donors (Lipinski definition) is 0. The summed E-state index contributed by atoms with van der Waals surface area (Å²) < 4.78 is 21.1. The summed E-state index contributed by atoms with van der Waals surface area (Å²) >= 11 is 3.40. The maximum Gasteiger partial charge on any atom is 0.0230 e. The molecule has 0 aromatic carbocycles. The Kier molecular flexibility index (Phi) is 6.61. The van der Waals surface area contributed by atoms with Crippen molar-refractivity contribution in [1.82, 2.24) is 0 Å². The van der Waals surface area contributed by atoms with Crippen LogP contribution in [0, 0.1) is 0 Å². The van der Waals surface area contributed by atoms with Crippen molar-refractivity contribution >= 4 is 15.9 Å². The third-order valence-electron chi connectivity index (χ3n) is 1.81. The fraction of sp³-hybridized carbons (Fsp3) is 1.00. The van der Waals surface area contributed by atoms with Gasteiger partial charge in [0.25, 0.3) is 0 Å². The van der Waals surface area contributed by atoms with E-state index in [1.54, 1.807) is 0 Å². The van der Waals surface area contributed by atoms with Gasteiger partial charge in [-0.2, -0.15) is 0 Å². The van der Waals surface area contributed by atoms with Crippen LogP contribution in [0.5, 0.6) is 0 Å². The minimum absolute atomic E-state index is 0.383. The summed E-state index contributed by atoms with van der Waals surface area (Å²) in [5.41, 5.74) is 0. The van der Waals surface area contributed by atoms with Crippen LogP contribution in [-0.2, 0) is 0 Å². The van der Waals surface area contributed by atoms with Crippen LogP contribution in [-0.4, -0.2) is 5.33 Å². The van der Waals surface area contributed by atoms with E-state index in [2.05, 4.69) is 15.9 Å². The normalized spacial score (nSPS) is 15.5. The lowest BCUT2D eigenvalue weighted by Gasteiger charge is -1.98. The largest absolute Gasteiger partial charge is 0.0928 e. The van der Waals surface area contributed by atoms with E-state index < -0.39 is 6.85 Å². The summed E-state index contributed by atoms with van der Waals surface area (Å²) in [6.45, 7) is -1.71. The van der Waals surface area contributed by atoms with E-state index in [1.165, 1.54) is 32.1 Å². The van der Waals surface area contributed by atoms with Crippen molar-refractivity contribution in [2.45, 2.75) is 58.2 Å². The average molecular weight is 224 g/mol. The predicted octanol–water partition coefficient (Wildman–Crippen LogP) is 4.52. The van der Waals surface area contributed by atoms with E-state index in [0.29, 0.717) is 6.42 Å². The quantitative estimate of drug-likeness (QED) is 0.420. The van der Waals surface area contributed by atoms with Crippen LogP contribution in [0.15, 0.2) is 0 Å². The molecule has 0 rings (SSSR count). The SMILES string of the molecule is [2H]C([2H])([2H])CCCCCCCCCBr. The summed E-state index contributed by atoms with van der Waals surface area (Å²) in [6, 6.07) is 0. The van der Waals surface area contributed by atoms with Crippen LogP contribution in [0.4, 0.5) is 0 Å². The molecular weight excluding hydrogens is 200 g/mol. The molecule has 0 saturated heterocycles. The van der Waals surface area contributed by atoms with Crippen LogP contribution in [0.1, 0.15) is 62.3 Å². The fourth-order valence-corrected chi connectivity index (χ4v) is 1.50. The van der Waals surface area contributed by atoms with Crippen molar-refractivity contribution in [2.75, 3.05) is 5.33 Å². The Hall–Kier alpha value is 0.480. The highest BCUT2D eigenvalue weighted by Gasteiger charge is 1.89. The standard InChI is InChI=1S/C10H21Br/c1-2-3-4-5-6-7-8-9-10-11/h2-10H2,1H3/i1D3. The zero-order valence-corrected chi connectivity index (χ0v) is 8.83. The molecule has 0 aliphatic rings. The lowest BCUT2D eigenvalue weighted by atomic mass is 10.1. The molecule has 0 spiro atoms. The Morgan fingerprint density at radius 2 is 1.45 bits per heavy atom. The van der Waals surface area contributed by atoms with Crippen LogP contribution in [0.3, 0.4) is 0 Å². The number of unbranched alkanes of at least 4 members (excludes halogenated alkanes) is 6. The Balaban J connectivity index is 2.99. The molecule has 0 fully saturated rings. The first-order chi connectivity index (χ1) is 6.56. The van der Waals surface area contributed by atoms with Gasteiger partial charge in [0, 0.05) is 9.44 Å². The Morgan fingerprint density at radius 3 is 2.00 bits per heavy atom. The van der Waals surface area contributed by atoms with Gasteiger partial charge in [-0.3, -0.25) is 0 Å². The van der Waals surface area contributed by atoms with Crippen molar-refractivity contribution in [3.63, 3.8) is 0 Å². The molecule has 0 saturated carbocycles. The molecule has 68 valence electrons. The minimum Gasteiger partial charge on any atom is -0.0928 e. The van der Waals surface area contributed by atoms with Gasteiger partial charge in [-0.15, -0.1) is 0 Å². The second-order valence-electron chi connectivity index (χ2n) is 2.91. The zero-order chi connectivity index (χ0) is 10.9. The van der Waals surface area contributed by atoms with Gasteiger partial charge in [0.2, 0.25) is 0 Å². The third kappa shape index (κ3) is 10.5. The molecule has 0 unspecified atom stereocenters. The van der Waals surface area contributed by atoms with Crippen LogP contribution in [0.2, 0.25) is 0 Å². The summed E-state index contributed by atoms with van der Waals surface area (Å²) in [7, 11) is 0. The molecule has 0 aromatic heterocycles. The van der Waals surface area contributed by atoms with Gasteiger partial charge in [0.15, 0.2) is 0 Å². The molecule has 0 aromatic rings. The molecule has 0 radical (unpaired) electrons. The molecule has 0 atom stereocenters. The van der Waals surface area contributed by atoms with Gasteiger partial charge in [-0.1, -0.05) is 67.7 Å². The maximum absolute atomic E-state index is 7.03. The van der Waals surface area contributed by atoms with Crippen molar-refractivity contribution in [2.24, 2.45) is 0 Å². The van der Waals surface area contributed by atoms with Gasteiger partial charge in [-0.25, -0.2) is 0 Å². The van der Waals surface area contributed by atoms with E-state index in [4.69, 9.17) is 4.11 Å². The minimum atomic E-state index is -1.71. The molecule has 0 heterocycles. The van der Waals surface area contributed by atoms with Gasteiger partial charge in [0.1, 0.15) is 0 Å². The van der Waals surface area contributed by atoms with E-state index in [0.717, 1.165) is 18.2 Å². The average Bonchev–Trinajstić information content (AvgIpc) is 2.08. The Bertz CT molecular complexity index is 123. The van der Waals surface area contributed by atoms with Gasteiger partial charge in [-0.05, 0) is 6.42 Å². The van der Waals surface area contributed by atoms with Crippen molar-refractivity contribution in [1.29, 1.82) is 0 Å². The van der Waals surface area contributed by atoms with Crippen LogP contribution in [0.25, 0.3) is 0 Å². The predicted molar refractivity (Wildman–Crippen MR) is 56.4 cm³/mol. The topological polar surface area (TPSA) is 0 Å². The second-order valence-corrected chi connectivity index (χ2v) is 3.71. The maximum atomic E-state index is 7.03. The first-order valence-corrected chi connectivity index (χ1v) is 5.74. The summed E-state index contributed by atoms with van der Waals surface area (Å²) in [6.07, 6.45) is 8.61. The van der Waals surface area contributed by atoms with Crippen molar-refractivity contribution in [3.8, 4) is 0 Å². The first-order valence-electron chi connectivity index (χ1n) is 6.12. The van der Waals surface area contributed by atoms with Crippen molar-refractivity contribution < 1.29 is 4.11 Å². The van der Waals surface area contributed by atoms with E-state index in [9.17, 15) is 0 Å². The molecule has 0 aliphatic carbocycles. The summed E-state index contributed by atoms with van der Waals surface area (Å²) in [5.74, 6) is 0. The van der Waals surface area contributed by atoms with Crippen LogP contribution < -0.4 is 0 Å². The highest BCUT2D eigenvalue weighted by atomic mass is 79.9. The molecule has 11 heavy (non-hydrogen) atoms. The number of hydrogen-bond acceptors (Lipinski definition) is 0. The number of halogens is 1. The highest BCUT2D eigenvalue weighted by Crippen LogP contribution is 2.08. The molecule has 1 heteroatoms. The van der Waals surface area contributed by atoms with Gasteiger partial charge in [0.05, 0.1) is 0 Å². The van der Waals surface area contributed by atoms with Gasteiger partial charge >= 0.3 is 0 Å². The van der Waals surface area contributed by atoms with Gasteiger partial charge < -0.3 is 0 Å². The molecule has 0 aliphatic heterocycles. The molecule has 0 bridgehead atoms. The zero-order valence-electron chi connectivity index (χ0n) is 10.2.